The zero-order valence-electron chi connectivity index (χ0n) is 12.1. The molecule has 2 aromatic carbocycles. The Morgan fingerprint density at radius 3 is 2.59 bits per heavy atom. The number of Topliss-reactive ketones (excluding diaryl/α,β-unsaturated/α-hetero) is 1. The molecule has 2 aromatic rings. The summed E-state index contributed by atoms with van der Waals surface area (Å²) in [6.07, 6.45) is 0.138. The Balaban J connectivity index is 2.21. The molecular formula is C16H16N2O4. The molecule has 114 valence electrons. The van der Waals surface area contributed by atoms with Gasteiger partial charge in [0.25, 0.3) is 5.69 Å². The predicted molar refractivity (Wildman–Crippen MR) is 81.4 cm³/mol. The molecule has 0 bridgehead atoms. The van der Waals surface area contributed by atoms with Crippen LogP contribution in [0.4, 0.5) is 5.69 Å². The van der Waals surface area contributed by atoms with E-state index in [1.165, 1.54) is 19.2 Å². The van der Waals surface area contributed by atoms with Gasteiger partial charge in [0.05, 0.1) is 18.1 Å². The van der Waals surface area contributed by atoms with E-state index >= 15 is 0 Å². The molecular weight excluding hydrogens is 284 g/mol. The summed E-state index contributed by atoms with van der Waals surface area (Å²) in [5.74, 6) is -0.0679. The van der Waals surface area contributed by atoms with E-state index < -0.39 is 11.0 Å². The van der Waals surface area contributed by atoms with E-state index in [2.05, 4.69) is 5.48 Å². The highest BCUT2D eigenvalue weighted by Gasteiger charge is 2.19. The highest BCUT2D eigenvalue weighted by atomic mass is 16.6. The number of ketones is 1. The number of benzene rings is 2. The van der Waals surface area contributed by atoms with Gasteiger partial charge in [-0.2, -0.15) is 5.48 Å². The smallest absolute Gasteiger partial charge is 0.269 e. The molecule has 0 amide bonds. The van der Waals surface area contributed by atoms with Gasteiger partial charge in [-0.25, -0.2) is 0 Å². The molecule has 0 saturated carbocycles. The zero-order chi connectivity index (χ0) is 15.9. The van der Waals surface area contributed by atoms with Crippen molar-refractivity contribution in [2.45, 2.75) is 12.5 Å². The second-order valence-electron chi connectivity index (χ2n) is 4.72. The lowest BCUT2D eigenvalue weighted by atomic mass is 9.98. The van der Waals surface area contributed by atoms with Gasteiger partial charge in [0.15, 0.2) is 5.78 Å². The van der Waals surface area contributed by atoms with Crippen LogP contribution in [0.2, 0.25) is 0 Å². The second kappa shape index (κ2) is 7.44. The summed E-state index contributed by atoms with van der Waals surface area (Å²) in [6.45, 7) is 0. The maximum atomic E-state index is 12.3. The van der Waals surface area contributed by atoms with Crippen molar-refractivity contribution >= 4 is 11.5 Å². The van der Waals surface area contributed by atoms with Gasteiger partial charge in [-0.1, -0.05) is 42.5 Å². The van der Waals surface area contributed by atoms with E-state index in [0.717, 1.165) is 0 Å². The van der Waals surface area contributed by atoms with Crippen LogP contribution in [0, 0.1) is 10.1 Å². The first-order valence-electron chi connectivity index (χ1n) is 6.73. The number of nitro groups is 1. The van der Waals surface area contributed by atoms with Crippen LogP contribution in [0.25, 0.3) is 0 Å². The van der Waals surface area contributed by atoms with Gasteiger partial charge in [-0.3, -0.25) is 14.9 Å². The number of hydrogen-bond acceptors (Lipinski definition) is 5. The average Bonchev–Trinajstić information content (AvgIpc) is 2.55. The number of non-ortho nitro benzene ring substituents is 1. The van der Waals surface area contributed by atoms with Crippen LogP contribution in [0.1, 0.15) is 28.4 Å². The number of rotatable bonds is 7. The van der Waals surface area contributed by atoms with Crippen LogP contribution >= 0.6 is 0 Å². The molecule has 0 spiro atoms. The van der Waals surface area contributed by atoms with Crippen LogP contribution in [0.15, 0.2) is 54.6 Å². The van der Waals surface area contributed by atoms with Crippen molar-refractivity contribution in [2.24, 2.45) is 0 Å². The third-order valence-corrected chi connectivity index (χ3v) is 3.23. The molecule has 6 nitrogen and oxygen atoms in total. The van der Waals surface area contributed by atoms with Crippen molar-refractivity contribution in [3.63, 3.8) is 0 Å². The first-order chi connectivity index (χ1) is 10.6. The fourth-order valence-corrected chi connectivity index (χ4v) is 2.15. The molecule has 0 aliphatic carbocycles. The molecule has 0 aliphatic rings. The van der Waals surface area contributed by atoms with Crippen LogP contribution in [0.3, 0.4) is 0 Å². The van der Waals surface area contributed by atoms with E-state index in [1.807, 2.05) is 6.07 Å². The molecule has 0 aromatic heterocycles. The van der Waals surface area contributed by atoms with Crippen molar-refractivity contribution in [1.82, 2.24) is 5.48 Å². The summed E-state index contributed by atoms with van der Waals surface area (Å²) in [7, 11) is 1.44. The Labute approximate surface area is 127 Å². The normalized spacial score (nSPS) is 11.9. The third-order valence-electron chi connectivity index (χ3n) is 3.23. The number of nitrogens with zero attached hydrogens (tertiary/aromatic N) is 1. The van der Waals surface area contributed by atoms with E-state index in [4.69, 9.17) is 4.84 Å². The molecule has 0 aliphatic heterocycles. The molecule has 1 unspecified atom stereocenters. The Kier molecular flexibility index (Phi) is 5.35. The highest BCUT2D eigenvalue weighted by Crippen LogP contribution is 2.23. The van der Waals surface area contributed by atoms with Gasteiger partial charge in [0, 0.05) is 24.1 Å². The highest BCUT2D eigenvalue weighted by molar-refractivity contribution is 5.96. The molecule has 1 atom stereocenters. The maximum absolute atomic E-state index is 12.3. The minimum atomic E-state index is -0.466. The number of nitrogens with one attached hydrogen (secondary N) is 1. The number of carbonyl (C=O) groups excluding carboxylic acids is 1. The summed E-state index contributed by atoms with van der Waals surface area (Å²) >= 11 is 0. The molecule has 2 rings (SSSR count). The Morgan fingerprint density at radius 1 is 1.23 bits per heavy atom. The lowest BCUT2D eigenvalue weighted by Crippen LogP contribution is -2.23. The molecule has 22 heavy (non-hydrogen) atoms. The molecule has 0 heterocycles. The number of hydrogen-bond donors (Lipinski definition) is 1. The van der Waals surface area contributed by atoms with E-state index in [1.54, 1.807) is 36.4 Å². The first kappa shape index (κ1) is 15.8. The summed E-state index contributed by atoms with van der Waals surface area (Å²) in [6, 6.07) is 14.6. The minimum Gasteiger partial charge on any atom is -0.305 e. The summed E-state index contributed by atoms with van der Waals surface area (Å²) < 4.78 is 0. The van der Waals surface area contributed by atoms with Crippen LogP contribution < -0.4 is 5.48 Å². The van der Waals surface area contributed by atoms with Crippen LogP contribution in [-0.4, -0.2) is 17.8 Å². The van der Waals surface area contributed by atoms with Crippen LogP contribution in [0.5, 0.6) is 0 Å². The van der Waals surface area contributed by atoms with Crippen molar-refractivity contribution in [3.05, 3.63) is 75.8 Å². The topological polar surface area (TPSA) is 81.5 Å². The third kappa shape index (κ3) is 3.97. The monoisotopic (exact) mass is 300 g/mol. The lowest BCUT2D eigenvalue weighted by Gasteiger charge is -2.17. The number of hydroxylamine groups is 1. The number of nitro benzene ring substituents is 1. The van der Waals surface area contributed by atoms with Crippen molar-refractivity contribution in [2.75, 3.05) is 7.11 Å². The van der Waals surface area contributed by atoms with E-state index in [9.17, 15) is 14.9 Å². The van der Waals surface area contributed by atoms with E-state index in [-0.39, 0.29) is 17.9 Å². The van der Waals surface area contributed by atoms with Gasteiger partial charge in [0.1, 0.15) is 0 Å². The first-order valence-corrected chi connectivity index (χ1v) is 6.73. The predicted octanol–water partition coefficient (Wildman–Crippen LogP) is 3.06. The van der Waals surface area contributed by atoms with Gasteiger partial charge in [-0.05, 0) is 5.56 Å². The Hall–Kier alpha value is -2.57. The van der Waals surface area contributed by atoms with Gasteiger partial charge >= 0.3 is 0 Å². The van der Waals surface area contributed by atoms with E-state index in [0.29, 0.717) is 11.1 Å². The number of carbonyl (C=O) groups is 1. The van der Waals surface area contributed by atoms with Gasteiger partial charge in [-0.15, -0.1) is 0 Å². The van der Waals surface area contributed by atoms with Gasteiger partial charge < -0.3 is 4.84 Å². The SMILES string of the molecule is CONC(CC(=O)c1ccccc1)c1cccc([N+](=O)[O-])c1. The molecule has 0 fully saturated rings. The zero-order valence-corrected chi connectivity index (χ0v) is 12.1. The summed E-state index contributed by atoms with van der Waals surface area (Å²) in [5, 5.41) is 10.9. The molecule has 0 radical (unpaired) electrons. The fourth-order valence-electron chi connectivity index (χ4n) is 2.15. The Morgan fingerprint density at radius 2 is 1.95 bits per heavy atom. The summed E-state index contributed by atoms with van der Waals surface area (Å²) in [5.41, 5.74) is 3.92. The quantitative estimate of drug-likeness (QED) is 0.483. The lowest BCUT2D eigenvalue weighted by molar-refractivity contribution is -0.384. The average molecular weight is 300 g/mol. The maximum Gasteiger partial charge on any atom is 0.269 e. The largest absolute Gasteiger partial charge is 0.305 e. The molecule has 0 saturated heterocycles. The summed E-state index contributed by atoms with van der Waals surface area (Å²) in [4.78, 5) is 27.6. The van der Waals surface area contributed by atoms with Crippen molar-refractivity contribution < 1.29 is 14.6 Å². The van der Waals surface area contributed by atoms with Crippen LogP contribution in [-0.2, 0) is 4.84 Å². The molecule has 1 N–H and O–H groups in total. The minimum absolute atomic E-state index is 0.0208. The van der Waals surface area contributed by atoms with Crippen molar-refractivity contribution in [1.29, 1.82) is 0 Å². The second-order valence-corrected chi connectivity index (χ2v) is 4.72. The Bertz CT molecular complexity index is 658. The fraction of sp³-hybridized carbons (Fsp3) is 0.188. The van der Waals surface area contributed by atoms with Gasteiger partial charge in [0.2, 0.25) is 0 Å². The standard InChI is InChI=1S/C16H16N2O4/c1-22-17-15(11-16(19)12-6-3-2-4-7-12)13-8-5-9-14(10-13)18(20)21/h2-10,15,17H,11H2,1H3. The molecule has 6 heteroatoms. The van der Waals surface area contributed by atoms with Crippen molar-refractivity contribution in [3.8, 4) is 0 Å².